The van der Waals surface area contributed by atoms with Gasteiger partial charge < -0.3 is 19.3 Å². The van der Waals surface area contributed by atoms with Crippen molar-refractivity contribution < 1.29 is 18.7 Å². The Balaban J connectivity index is 1.44. The van der Waals surface area contributed by atoms with Crippen LogP contribution in [0.1, 0.15) is 10.4 Å². The van der Waals surface area contributed by atoms with Crippen molar-refractivity contribution in [2.75, 3.05) is 45.3 Å². The third-order valence-electron chi connectivity index (χ3n) is 5.33. The zero-order chi connectivity index (χ0) is 21.8. The van der Waals surface area contributed by atoms with Gasteiger partial charge in [-0.3, -0.25) is 4.79 Å². The van der Waals surface area contributed by atoms with Crippen LogP contribution in [0.3, 0.4) is 0 Å². The van der Waals surface area contributed by atoms with Crippen molar-refractivity contribution in [3.8, 4) is 22.8 Å². The summed E-state index contributed by atoms with van der Waals surface area (Å²) in [6.07, 6.45) is 0. The van der Waals surface area contributed by atoms with Crippen molar-refractivity contribution >= 4 is 11.7 Å². The van der Waals surface area contributed by atoms with Crippen molar-refractivity contribution in [2.24, 2.45) is 0 Å². The summed E-state index contributed by atoms with van der Waals surface area (Å²) >= 11 is 0. The Bertz CT molecular complexity index is 1070. The van der Waals surface area contributed by atoms with Crippen LogP contribution in [0, 0.1) is 5.82 Å². The summed E-state index contributed by atoms with van der Waals surface area (Å²) < 4.78 is 24.6. The fourth-order valence-electron chi connectivity index (χ4n) is 3.60. The van der Waals surface area contributed by atoms with Crippen LogP contribution < -0.4 is 14.4 Å². The van der Waals surface area contributed by atoms with Gasteiger partial charge in [-0.05, 0) is 42.5 Å². The SMILES string of the molecule is COc1ccc(OC)c(-c2ccc(N3CCN(C(=O)c4ccccc4F)CC3)nn2)c1. The minimum atomic E-state index is -0.496. The summed E-state index contributed by atoms with van der Waals surface area (Å²) in [5.74, 6) is 1.33. The van der Waals surface area contributed by atoms with Gasteiger partial charge in [0.25, 0.3) is 5.91 Å². The summed E-state index contributed by atoms with van der Waals surface area (Å²) in [6.45, 7) is 2.16. The first-order chi connectivity index (χ1) is 15.1. The molecule has 1 aliphatic rings. The lowest BCUT2D eigenvalue weighted by Crippen LogP contribution is -2.49. The number of nitrogens with zero attached hydrogens (tertiary/aromatic N) is 4. The van der Waals surface area contributed by atoms with Crippen molar-refractivity contribution in [3.05, 3.63) is 66.0 Å². The number of methoxy groups -OCH3 is 2. The molecule has 2 aromatic carbocycles. The molecule has 0 spiro atoms. The molecule has 2 heterocycles. The molecule has 0 saturated carbocycles. The zero-order valence-electron chi connectivity index (χ0n) is 17.4. The van der Waals surface area contributed by atoms with E-state index in [1.807, 2.05) is 30.3 Å². The maximum atomic E-state index is 13.9. The van der Waals surface area contributed by atoms with Crippen LogP contribution in [0.15, 0.2) is 54.6 Å². The Kier molecular flexibility index (Phi) is 5.97. The normalized spacial score (nSPS) is 13.8. The van der Waals surface area contributed by atoms with Gasteiger partial charge in [0.05, 0.1) is 25.5 Å². The number of halogens is 1. The van der Waals surface area contributed by atoms with Crippen LogP contribution in [0.4, 0.5) is 10.2 Å². The van der Waals surface area contributed by atoms with E-state index in [1.54, 1.807) is 31.3 Å². The Morgan fingerprint density at radius 3 is 2.35 bits per heavy atom. The lowest BCUT2D eigenvalue weighted by Gasteiger charge is -2.35. The Hall–Kier alpha value is -3.68. The predicted molar refractivity (Wildman–Crippen MR) is 115 cm³/mol. The fraction of sp³-hybridized carbons (Fsp3) is 0.261. The highest BCUT2D eigenvalue weighted by atomic mass is 19.1. The average molecular weight is 422 g/mol. The predicted octanol–water partition coefficient (Wildman–Crippen LogP) is 3.26. The second-order valence-electron chi connectivity index (χ2n) is 7.10. The third kappa shape index (κ3) is 4.28. The van der Waals surface area contributed by atoms with E-state index in [0.29, 0.717) is 43.4 Å². The number of benzene rings is 2. The Labute approximate surface area is 180 Å². The van der Waals surface area contributed by atoms with Crippen molar-refractivity contribution in [1.29, 1.82) is 0 Å². The maximum Gasteiger partial charge on any atom is 0.256 e. The molecule has 0 aliphatic carbocycles. The van der Waals surface area contributed by atoms with Gasteiger partial charge in [-0.25, -0.2) is 4.39 Å². The van der Waals surface area contributed by atoms with E-state index in [0.717, 1.165) is 11.4 Å². The van der Waals surface area contributed by atoms with Crippen LogP contribution in [-0.4, -0.2) is 61.4 Å². The maximum absolute atomic E-state index is 13.9. The van der Waals surface area contributed by atoms with E-state index < -0.39 is 5.82 Å². The molecule has 0 bridgehead atoms. The summed E-state index contributed by atoms with van der Waals surface area (Å²) in [4.78, 5) is 16.3. The zero-order valence-corrected chi connectivity index (χ0v) is 17.4. The standard InChI is InChI=1S/C23H23FN4O3/c1-30-16-7-9-21(31-2)18(15-16)20-8-10-22(26-25-20)27-11-13-28(14-12-27)23(29)17-5-3-4-6-19(17)24/h3-10,15H,11-14H2,1-2H3. The second kappa shape index (κ2) is 8.99. The van der Waals surface area contributed by atoms with E-state index >= 15 is 0 Å². The van der Waals surface area contributed by atoms with Gasteiger partial charge >= 0.3 is 0 Å². The molecule has 0 unspecified atom stereocenters. The van der Waals surface area contributed by atoms with Gasteiger partial charge in [0.1, 0.15) is 17.3 Å². The van der Waals surface area contributed by atoms with Gasteiger partial charge in [-0.1, -0.05) is 12.1 Å². The average Bonchev–Trinajstić information content (AvgIpc) is 2.83. The molecule has 8 heteroatoms. The molecule has 1 aliphatic heterocycles. The van der Waals surface area contributed by atoms with Gasteiger partial charge in [-0.15, -0.1) is 10.2 Å². The van der Waals surface area contributed by atoms with Crippen LogP contribution in [0.5, 0.6) is 11.5 Å². The van der Waals surface area contributed by atoms with Crippen LogP contribution in [-0.2, 0) is 0 Å². The highest BCUT2D eigenvalue weighted by Gasteiger charge is 2.24. The molecule has 7 nitrogen and oxygen atoms in total. The van der Waals surface area contributed by atoms with Crippen LogP contribution >= 0.6 is 0 Å². The monoisotopic (exact) mass is 422 g/mol. The van der Waals surface area contributed by atoms with Gasteiger partial charge in [-0.2, -0.15) is 0 Å². The molecule has 1 amide bonds. The number of ether oxygens (including phenoxy) is 2. The van der Waals surface area contributed by atoms with Crippen LogP contribution in [0.2, 0.25) is 0 Å². The number of piperazine rings is 1. The van der Waals surface area contributed by atoms with E-state index in [2.05, 4.69) is 15.1 Å². The molecule has 1 aromatic heterocycles. The van der Waals surface area contributed by atoms with E-state index in [1.165, 1.54) is 12.1 Å². The van der Waals surface area contributed by atoms with Gasteiger partial charge in [0, 0.05) is 31.7 Å². The summed E-state index contributed by atoms with van der Waals surface area (Å²) in [6, 6.07) is 15.4. The molecular weight excluding hydrogens is 399 g/mol. The van der Waals surface area contributed by atoms with Gasteiger partial charge in [0.15, 0.2) is 5.82 Å². The molecule has 0 N–H and O–H groups in total. The quantitative estimate of drug-likeness (QED) is 0.629. The minimum Gasteiger partial charge on any atom is -0.497 e. The number of carbonyl (C=O) groups is 1. The highest BCUT2D eigenvalue weighted by molar-refractivity contribution is 5.94. The summed E-state index contributed by atoms with van der Waals surface area (Å²) in [5.41, 5.74) is 1.57. The number of rotatable bonds is 5. The molecule has 0 atom stereocenters. The topological polar surface area (TPSA) is 67.8 Å². The first-order valence-corrected chi connectivity index (χ1v) is 9.95. The highest BCUT2D eigenvalue weighted by Crippen LogP contribution is 2.32. The largest absolute Gasteiger partial charge is 0.497 e. The van der Waals surface area contributed by atoms with E-state index in [4.69, 9.17) is 9.47 Å². The number of anilines is 1. The molecule has 0 radical (unpaired) electrons. The molecular formula is C23H23FN4O3. The molecule has 3 aromatic rings. The summed E-state index contributed by atoms with van der Waals surface area (Å²) in [7, 11) is 3.21. The second-order valence-corrected chi connectivity index (χ2v) is 7.10. The van der Waals surface area contributed by atoms with Gasteiger partial charge in [0.2, 0.25) is 0 Å². The molecule has 1 saturated heterocycles. The Morgan fingerprint density at radius 2 is 1.71 bits per heavy atom. The fourth-order valence-corrected chi connectivity index (χ4v) is 3.60. The van der Waals surface area contributed by atoms with E-state index in [-0.39, 0.29) is 11.5 Å². The van der Waals surface area contributed by atoms with E-state index in [9.17, 15) is 9.18 Å². The van der Waals surface area contributed by atoms with Crippen molar-refractivity contribution in [2.45, 2.75) is 0 Å². The molecule has 4 rings (SSSR count). The lowest BCUT2D eigenvalue weighted by atomic mass is 10.1. The molecule has 1 fully saturated rings. The number of aromatic nitrogens is 2. The number of carbonyl (C=O) groups excluding carboxylic acids is 1. The first-order valence-electron chi connectivity index (χ1n) is 9.95. The van der Waals surface area contributed by atoms with Crippen LogP contribution in [0.25, 0.3) is 11.3 Å². The van der Waals surface area contributed by atoms with Crippen molar-refractivity contribution in [3.63, 3.8) is 0 Å². The minimum absolute atomic E-state index is 0.104. The first kappa shape index (κ1) is 20.6. The number of amides is 1. The molecule has 160 valence electrons. The number of hydrogen-bond donors (Lipinski definition) is 0. The summed E-state index contributed by atoms with van der Waals surface area (Å²) in [5, 5.41) is 8.73. The Morgan fingerprint density at radius 1 is 0.935 bits per heavy atom. The third-order valence-corrected chi connectivity index (χ3v) is 5.33. The molecule has 31 heavy (non-hydrogen) atoms. The van der Waals surface area contributed by atoms with Crippen molar-refractivity contribution in [1.82, 2.24) is 15.1 Å². The smallest absolute Gasteiger partial charge is 0.256 e. The lowest BCUT2D eigenvalue weighted by molar-refractivity contribution is 0.0741. The number of hydrogen-bond acceptors (Lipinski definition) is 6.